The number of Topliss-reactive ketones (excluding diaryl/α,β-unsaturated/α-hetero) is 1. The van der Waals surface area contributed by atoms with Crippen molar-refractivity contribution in [1.29, 1.82) is 0 Å². The summed E-state index contributed by atoms with van der Waals surface area (Å²) in [5, 5.41) is 3.82. The Balaban J connectivity index is 2.24. The lowest BCUT2D eigenvalue weighted by atomic mass is 10.3. The molecule has 1 aromatic heterocycles. The van der Waals surface area contributed by atoms with Crippen LogP contribution in [0.5, 0.6) is 0 Å². The SMILES string of the molecule is COC(=O)c1nc(NC2CC2C)sc1C(C)=O. The zero-order valence-corrected chi connectivity index (χ0v) is 10.8. The Morgan fingerprint density at radius 2 is 2.18 bits per heavy atom. The number of esters is 1. The third kappa shape index (κ3) is 2.46. The molecule has 1 aliphatic carbocycles. The summed E-state index contributed by atoms with van der Waals surface area (Å²) in [5.41, 5.74) is 0.112. The number of anilines is 1. The van der Waals surface area contributed by atoms with Crippen molar-refractivity contribution in [2.45, 2.75) is 26.3 Å². The number of hydrogen-bond acceptors (Lipinski definition) is 6. The van der Waals surface area contributed by atoms with Crippen LogP contribution in [-0.4, -0.2) is 29.9 Å². The van der Waals surface area contributed by atoms with E-state index in [1.54, 1.807) is 0 Å². The molecule has 6 heteroatoms. The van der Waals surface area contributed by atoms with E-state index in [2.05, 4.69) is 22.0 Å². The van der Waals surface area contributed by atoms with E-state index in [0.717, 1.165) is 6.42 Å². The number of ketones is 1. The highest BCUT2D eigenvalue weighted by Crippen LogP contribution is 2.34. The molecule has 1 N–H and O–H groups in total. The van der Waals surface area contributed by atoms with Crippen molar-refractivity contribution in [1.82, 2.24) is 4.98 Å². The highest BCUT2D eigenvalue weighted by Gasteiger charge is 2.34. The maximum absolute atomic E-state index is 11.5. The van der Waals surface area contributed by atoms with Gasteiger partial charge in [0.25, 0.3) is 0 Å². The Kier molecular flexibility index (Phi) is 3.15. The second-order valence-electron chi connectivity index (χ2n) is 4.21. The summed E-state index contributed by atoms with van der Waals surface area (Å²) in [5.74, 6) is -0.107. The predicted octanol–water partition coefficient (Wildman–Crippen LogP) is 1.95. The first-order valence-corrected chi connectivity index (χ1v) is 6.21. The number of carbonyl (C=O) groups is 2. The molecule has 0 amide bonds. The molecule has 0 radical (unpaired) electrons. The van der Waals surface area contributed by atoms with Crippen molar-refractivity contribution >= 4 is 28.2 Å². The standard InChI is InChI=1S/C11H14N2O3S/c1-5-4-7(5)12-11-13-8(10(15)16-3)9(17-11)6(2)14/h5,7H,4H2,1-3H3,(H,12,13). The molecule has 5 nitrogen and oxygen atoms in total. The molecular formula is C11H14N2O3S. The number of rotatable bonds is 4. The lowest BCUT2D eigenvalue weighted by Crippen LogP contribution is -2.08. The van der Waals surface area contributed by atoms with E-state index >= 15 is 0 Å². The van der Waals surface area contributed by atoms with Gasteiger partial charge in [-0.15, -0.1) is 0 Å². The number of ether oxygens (including phenoxy) is 1. The van der Waals surface area contributed by atoms with Gasteiger partial charge in [-0.1, -0.05) is 18.3 Å². The van der Waals surface area contributed by atoms with Crippen LogP contribution in [0.15, 0.2) is 0 Å². The topological polar surface area (TPSA) is 68.3 Å². The van der Waals surface area contributed by atoms with Crippen molar-refractivity contribution in [3.63, 3.8) is 0 Å². The highest BCUT2D eigenvalue weighted by molar-refractivity contribution is 7.17. The summed E-state index contributed by atoms with van der Waals surface area (Å²) in [6.07, 6.45) is 1.10. The number of thiazole rings is 1. The van der Waals surface area contributed by atoms with Crippen LogP contribution in [0.2, 0.25) is 0 Å². The van der Waals surface area contributed by atoms with Crippen LogP contribution in [-0.2, 0) is 4.74 Å². The number of hydrogen-bond donors (Lipinski definition) is 1. The third-order valence-electron chi connectivity index (χ3n) is 2.74. The quantitative estimate of drug-likeness (QED) is 0.657. The van der Waals surface area contributed by atoms with E-state index in [1.165, 1.54) is 25.4 Å². The van der Waals surface area contributed by atoms with Gasteiger partial charge in [0.2, 0.25) is 0 Å². The van der Waals surface area contributed by atoms with E-state index in [1.807, 2.05) is 0 Å². The van der Waals surface area contributed by atoms with E-state index in [-0.39, 0.29) is 11.5 Å². The summed E-state index contributed by atoms with van der Waals surface area (Å²) < 4.78 is 4.61. The van der Waals surface area contributed by atoms with Gasteiger partial charge < -0.3 is 10.1 Å². The van der Waals surface area contributed by atoms with Gasteiger partial charge in [0.1, 0.15) is 4.88 Å². The van der Waals surface area contributed by atoms with Crippen LogP contribution in [0, 0.1) is 5.92 Å². The first-order valence-electron chi connectivity index (χ1n) is 5.39. The Morgan fingerprint density at radius 1 is 1.53 bits per heavy atom. The number of carbonyl (C=O) groups excluding carboxylic acids is 2. The fourth-order valence-electron chi connectivity index (χ4n) is 1.54. The Bertz CT molecular complexity index is 469. The molecule has 0 spiro atoms. The van der Waals surface area contributed by atoms with Crippen LogP contribution in [0.3, 0.4) is 0 Å². The van der Waals surface area contributed by atoms with Crippen molar-refractivity contribution < 1.29 is 14.3 Å². The molecular weight excluding hydrogens is 240 g/mol. The summed E-state index contributed by atoms with van der Waals surface area (Å²) in [7, 11) is 1.28. The van der Waals surface area contributed by atoms with Crippen LogP contribution >= 0.6 is 11.3 Å². The second-order valence-corrected chi connectivity index (χ2v) is 5.21. The number of methoxy groups -OCH3 is 1. The van der Waals surface area contributed by atoms with E-state index in [4.69, 9.17) is 0 Å². The van der Waals surface area contributed by atoms with Crippen molar-refractivity contribution in [2.24, 2.45) is 5.92 Å². The van der Waals surface area contributed by atoms with E-state index in [9.17, 15) is 9.59 Å². The normalized spacial score (nSPS) is 22.1. The lowest BCUT2D eigenvalue weighted by molar-refractivity contribution is 0.0591. The molecule has 0 saturated heterocycles. The number of aromatic nitrogens is 1. The molecule has 2 atom stereocenters. The average Bonchev–Trinajstić information content (AvgIpc) is 2.80. The van der Waals surface area contributed by atoms with Gasteiger partial charge >= 0.3 is 5.97 Å². The minimum absolute atomic E-state index is 0.112. The molecule has 17 heavy (non-hydrogen) atoms. The van der Waals surface area contributed by atoms with Gasteiger partial charge in [-0.2, -0.15) is 0 Å². The summed E-state index contributed by atoms with van der Waals surface area (Å²) in [6.45, 7) is 3.56. The maximum Gasteiger partial charge on any atom is 0.358 e. The summed E-state index contributed by atoms with van der Waals surface area (Å²) in [6, 6.07) is 0.409. The van der Waals surface area contributed by atoms with Crippen LogP contribution in [0.4, 0.5) is 5.13 Å². The van der Waals surface area contributed by atoms with E-state index < -0.39 is 5.97 Å². The third-order valence-corrected chi connectivity index (χ3v) is 3.83. The molecule has 1 heterocycles. The molecule has 1 aromatic rings. The molecule has 1 saturated carbocycles. The average molecular weight is 254 g/mol. The summed E-state index contributed by atoms with van der Waals surface area (Å²) in [4.78, 5) is 27.3. The van der Waals surface area contributed by atoms with Gasteiger partial charge in [-0.05, 0) is 12.3 Å². The Hall–Kier alpha value is -1.43. The van der Waals surface area contributed by atoms with Gasteiger partial charge in [0.05, 0.1) is 7.11 Å². The predicted molar refractivity (Wildman–Crippen MR) is 64.6 cm³/mol. The minimum atomic E-state index is -0.566. The number of nitrogens with zero attached hydrogens (tertiary/aromatic N) is 1. The molecule has 0 aromatic carbocycles. The zero-order valence-electron chi connectivity index (χ0n) is 9.94. The first-order chi connectivity index (χ1) is 8.02. The Morgan fingerprint density at radius 3 is 2.65 bits per heavy atom. The van der Waals surface area contributed by atoms with E-state index in [0.29, 0.717) is 22.0 Å². The number of nitrogens with one attached hydrogen (secondary N) is 1. The maximum atomic E-state index is 11.5. The lowest BCUT2D eigenvalue weighted by Gasteiger charge is -1.97. The molecule has 1 fully saturated rings. The van der Waals surface area contributed by atoms with Crippen molar-refractivity contribution in [3.8, 4) is 0 Å². The molecule has 92 valence electrons. The summed E-state index contributed by atoms with van der Waals surface area (Å²) >= 11 is 1.21. The largest absolute Gasteiger partial charge is 0.464 e. The molecule has 2 unspecified atom stereocenters. The molecule has 0 bridgehead atoms. The molecule has 0 aliphatic heterocycles. The Labute approximate surface area is 103 Å². The van der Waals surface area contributed by atoms with Gasteiger partial charge in [0.15, 0.2) is 16.6 Å². The van der Waals surface area contributed by atoms with Crippen molar-refractivity contribution in [3.05, 3.63) is 10.6 Å². The zero-order chi connectivity index (χ0) is 12.6. The monoisotopic (exact) mass is 254 g/mol. The van der Waals surface area contributed by atoms with Crippen molar-refractivity contribution in [2.75, 3.05) is 12.4 Å². The van der Waals surface area contributed by atoms with Gasteiger partial charge in [-0.25, -0.2) is 9.78 Å². The first kappa shape index (κ1) is 12.0. The fourth-order valence-corrected chi connectivity index (χ4v) is 2.45. The minimum Gasteiger partial charge on any atom is -0.464 e. The molecule has 1 aliphatic rings. The van der Waals surface area contributed by atoms with Crippen LogP contribution in [0.1, 0.15) is 40.4 Å². The molecule has 2 rings (SSSR count). The smallest absolute Gasteiger partial charge is 0.358 e. The van der Waals surface area contributed by atoms with Gasteiger partial charge in [-0.3, -0.25) is 4.79 Å². The van der Waals surface area contributed by atoms with Gasteiger partial charge in [0, 0.05) is 13.0 Å². The van der Waals surface area contributed by atoms with Crippen LogP contribution in [0.25, 0.3) is 0 Å². The second kappa shape index (κ2) is 4.44. The fraction of sp³-hybridized carbons (Fsp3) is 0.545. The van der Waals surface area contributed by atoms with Crippen LogP contribution < -0.4 is 5.32 Å². The highest BCUT2D eigenvalue weighted by atomic mass is 32.1.